The number of rotatable bonds is 8. The van der Waals surface area contributed by atoms with Gasteiger partial charge in [0.05, 0.1) is 6.61 Å². The van der Waals surface area contributed by atoms with Crippen molar-refractivity contribution in [2.45, 2.75) is 26.7 Å². The molecular formula is C15H22N2O4. The van der Waals surface area contributed by atoms with E-state index in [1.165, 1.54) is 0 Å². The summed E-state index contributed by atoms with van der Waals surface area (Å²) in [6.45, 7) is 4.48. The average Bonchev–Trinajstić information content (AvgIpc) is 2.45. The van der Waals surface area contributed by atoms with Gasteiger partial charge in [0.25, 0.3) is 5.91 Å². The van der Waals surface area contributed by atoms with Crippen LogP contribution in [-0.2, 0) is 9.53 Å². The number of anilines is 1. The van der Waals surface area contributed by atoms with Gasteiger partial charge in [-0.25, -0.2) is 4.79 Å². The summed E-state index contributed by atoms with van der Waals surface area (Å²) in [5.74, 6) is -0.639. The van der Waals surface area contributed by atoms with Crippen molar-refractivity contribution < 1.29 is 19.1 Å². The van der Waals surface area contributed by atoms with Crippen LogP contribution in [0.4, 0.5) is 5.69 Å². The highest BCUT2D eigenvalue weighted by Crippen LogP contribution is 2.25. The van der Waals surface area contributed by atoms with E-state index in [0.717, 1.165) is 12.8 Å². The van der Waals surface area contributed by atoms with Crippen LogP contribution in [0.2, 0.25) is 0 Å². The van der Waals surface area contributed by atoms with E-state index in [2.05, 4.69) is 5.32 Å². The molecular weight excluding hydrogens is 272 g/mol. The summed E-state index contributed by atoms with van der Waals surface area (Å²) in [6, 6.07) is 4.91. The molecule has 0 radical (unpaired) electrons. The van der Waals surface area contributed by atoms with Gasteiger partial charge in [0.15, 0.2) is 6.61 Å². The van der Waals surface area contributed by atoms with Crippen LogP contribution in [-0.4, -0.2) is 31.6 Å². The number of carbonyl (C=O) groups is 2. The molecule has 0 unspecified atom stereocenters. The van der Waals surface area contributed by atoms with E-state index >= 15 is 0 Å². The maximum Gasteiger partial charge on any atom is 0.344 e. The van der Waals surface area contributed by atoms with Crippen molar-refractivity contribution >= 4 is 17.6 Å². The first kappa shape index (κ1) is 16.8. The Labute approximate surface area is 124 Å². The predicted molar refractivity (Wildman–Crippen MR) is 80.2 cm³/mol. The van der Waals surface area contributed by atoms with Crippen LogP contribution in [0.3, 0.4) is 0 Å². The molecule has 3 N–H and O–H groups in total. The lowest BCUT2D eigenvalue weighted by molar-refractivity contribution is -0.124. The van der Waals surface area contributed by atoms with Crippen LogP contribution in [0.15, 0.2) is 18.2 Å². The smallest absolute Gasteiger partial charge is 0.344 e. The second kappa shape index (κ2) is 8.84. The zero-order chi connectivity index (χ0) is 15.7. The second-order valence-electron chi connectivity index (χ2n) is 4.43. The third kappa shape index (κ3) is 5.33. The Hall–Kier alpha value is -2.24. The fourth-order valence-electron chi connectivity index (χ4n) is 1.70. The summed E-state index contributed by atoms with van der Waals surface area (Å²) >= 11 is 0. The number of ether oxygens (including phenoxy) is 2. The number of hydrogen-bond acceptors (Lipinski definition) is 5. The van der Waals surface area contributed by atoms with Gasteiger partial charge in [-0.05, 0) is 25.5 Å². The van der Waals surface area contributed by atoms with Gasteiger partial charge in [-0.3, -0.25) is 4.79 Å². The lowest BCUT2D eigenvalue weighted by Crippen LogP contribution is -2.29. The van der Waals surface area contributed by atoms with Gasteiger partial charge >= 0.3 is 5.97 Å². The summed E-state index contributed by atoms with van der Waals surface area (Å²) in [5.41, 5.74) is 6.19. The van der Waals surface area contributed by atoms with Gasteiger partial charge in [-0.2, -0.15) is 0 Å². The normalized spacial score (nSPS) is 10.0. The van der Waals surface area contributed by atoms with E-state index < -0.39 is 5.97 Å². The fraction of sp³-hybridized carbons (Fsp3) is 0.467. The maximum atomic E-state index is 12.0. The summed E-state index contributed by atoms with van der Waals surface area (Å²) in [4.78, 5) is 23.5. The molecule has 1 aromatic rings. The molecule has 0 aliphatic carbocycles. The van der Waals surface area contributed by atoms with Crippen molar-refractivity contribution in [1.29, 1.82) is 0 Å². The zero-order valence-electron chi connectivity index (χ0n) is 12.5. The topological polar surface area (TPSA) is 90.7 Å². The summed E-state index contributed by atoms with van der Waals surface area (Å²) in [6.07, 6.45) is 1.87. The Kier molecular flexibility index (Phi) is 7.08. The monoisotopic (exact) mass is 294 g/mol. The molecule has 0 aromatic heterocycles. The van der Waals surface area contributed by atoms with Crippen LogP contribution >= 0.6 is 0 Å². The first-order valence-electron chi connectivity index (χ1n) is 7.05. The fourth-order valence-corrected chi connectivity index (χ4v) is 1.70. The van der Waals surface area contributed by atoms with E-state index in [-0.39, 0.29) is 23.8 Å². The molecule has 0 bridgehead atoms. The third-order valence-electron chi connectivity index (χ3n) is 2.75. The second-order valence-corrected chi connectivity index (χ2v) is 4.43. The van der Waals surface area contributed by atoms with Gasteiger partial charge in [-0.15, -0.1) is 0 Å². The van der Waals surface area contributed by atoms with E-state index in [1.807, 2.05) is 6.92 Å². The van der Waals surface area contributed by atoms with Crippen molar-refractivity contribution in [2.75, 3.05) is 25.5 Å². The van der Waals surface area contributed by atoms with Crippen LogP contribution in [0.5, 0.6) is 5.75 Å². The number of carbonyl (C=O) groups excluding carboxylic acids is 2. The van der Waals surface area contributed by atoms with Crippen molar-refractivity contribution in [2.24, 2.45) is 0 Å². The highest BCUT2D eigenvalue weighted by atomic mass is 16.5. The number of hydrogen-bond donors (Lipinski definition) is 2. The third-order valence-corrected chi connectivity index (χ3v) is 2.75. The van der Waals surface area contributed by atoms with Crippen LogP contribution in [0.25, 0.3) is 0 Å². The van der Waals surface area contributed by atoms with E-state index in [9.17, 15) is 9.59 Å². The minimum atomic E-state index is -0.665. The van der Waals surface area contributed by atoms with Crippen LogP contribution < -0.4 is 15.8 Å². The standard InChI is InChI=1S/C15H22N2O4/c1-3-5-9-17-13(18)10-21-15(19)14-11(16)7-6-8-12(14)20-4-2/h6-8H,3-5,9-10,16H2,1-2H3,(H,17,18). The molecule has 1 aromatic carbocycles. The van der Waals surface area contributed by atoms with Crippen LogP contribution in [0, 0.1) is 0 Å². The summed E-state index contributed by atoms with van der Waals surface area (Å²) in [7, 11) is 0. The van der Waals surface area contributed by atoms with Gasteiger partial charge < -0.3 is 20.5 Å². The van der Waals surface area contributed by atoms with Gasteiger partial charge in [0.1, 0.15) is 11.3 Å². The Balaban J connectivity index is 2.61. The maximum absolute atomic E-state index is 12.0. The lowest BCUT2D eigenvalue weighted by atomic mass is 10.1. The van der Waals surface area contributed by atoms with Crippen molar-refractivity contribution in [3.63, 3.8) is 0 Å². The number of nitrogens with two attached hydrogens (primary N) is 1. The number of esters is 1. The van der Waals surface area contributed by atoms with E-state index in [0.29, 0.717) is 18.9 Å². The average molecular weight is 294 g/mol. The van der Waals surface area contributed by atoms with E-state index in [1.54, 1.807) is 25.1 Å². The minimum Gasteiger partial charge on any atom is -0.493 e. The molecule has 1 amide bonds. The summed E-state index contributed by atoms with van der Waals surface area (Å²) in [5, 5.41) is 2.67. The molecule has 0 aliphatic rings. The number of unbranched alkanes of at least 4 members (excludes halogenated alkanes) is 1. The first-order valence-corrected chi connectivity index (χ1v) is 7.05. The molecule has 6 heteroatoms. The van der Waals surface area contributed by atoms with Crippen molar-refractivity contribution in [1.82, 2.24) is 5.32 Å². The molecule has 0 heterocycles. The Morgan fingerprint density at radius 3 is 2.71 bits per heavy atom. The van der Waals surface area contributed by atoms with Crippen LogP contribution in [0.1, 0.15) is 37.0 Å². The van der Waals surface area contributed by atoms with Crippen molar-refractivity contribution in [3.8, 4) is 5.75 Å². The van der Waals surface area contributed by atoms with Gasteiger partial charge in [0.2, 0.25) is 0 Å². The number of nitrogen functional groups attached to an aromatic ring is 1. The first-order chi connectivity index (χ1) is 10.1. The minimum absolute atomic E-state index is 0.153. The number of nitrogens with one attached hydrogen (secondary N) is 1. The molecule has 116 valence electrons. The molecule has 0 atom stereocenters. The highest BCUT2D eigenvalue weighted by molar-refractivity contribution is 5.99. The Bertz CT molecular complexity index is 489. The summed E-state index contributed by atoms with van der Waals surface area (Å²) < 4.78 is 10.3. The number of benzene rings is 1. The Morgan fingerprint density at radius 2 is 2.05 bits per heavy atom. The molecule has 6 nitrogen and oxygen atoms in total. The molecule has 0 saturated carbocycles. The quantitative estimate of drug-likeness (QED) is 0.433. The molecule has 0 aliphatic heterocycles. The predicted octanol–water partition coefficient (Wildman–Crippen LogP) is 1.74. The molecule has 21 heavy (non-hydrogen) atoms. The largest absolute Gasteiger partial charge is 0.493 e. The molecule has 0 fully saturated rings. The van der Waals surface area contributed by atoms with Gasteiger partial charge in [0, 0.05) is 12.2 Å². The molecule has 0 saturated heterocycles. The lowest BCUT2D eigenvalue weighted by Gasteiger charge is -2.12. The zero-order valence-corrected chi connectivity index (χ0v) is 12.5. The highest BCUT2D eigenvalue weighted by Gasteiger charge is 2.18. The van der Waals surface area contributed by atoms with E-state index in [4.69, 9.17) is 15.2 Å². The van der Waals surface area contributed by atoms with Gasteiger partial charge in [-0.1, -0.05) is 19.4 Å². The molecule has 1 rings (SSSR count). The SMILES string of the molecule is CCCCNC(=O)COC(=O)c1c(N)cccc1OCC. The molecule has 0 spiro atoms. The Morgan fingerprint density at radius 1 is 1.29 bits per heavy atom. The van der Waals surface area contributed by atoms with Crippen molar-refractivity contribution in [3.05, 3.63) is 23.8 Å². The number of amides is 1.